The molecule has 0 amide bonds. The Kier molecular flexibility index (Phi) is 3.36. The van der Waals surface area contributed by atoms with Crippen LogP contribution in [0.2, 0.25) is 0 Å². The number of aromatic nitrogens is 2. The first-order chi connectivity index (χ1) is 9.63. The molecule has 0 saturated heterocycles. The van der Waals surface area contributed by atoms with Gasteiger partial charge in [0.15, 0.2) is 0 Å². The minimum Gasteiger partial charge on any atom is -0.378 e. The van der Waals surface area contributed by atoms with Crippen molar-refractivity contribution in [1.82, 2.24) is 9.78 Å². The van der Waals surface area contributed by atoms with Gasteiger partial charge in [-0.3, -0.25) is 4.68 Å². The Bertz CT molecular complexity index is 694. The fourth-order valence-corrected chi connectivity index (χ4v) is 3.60. The third-order valence-corrected chi connectivity index (χ3v) is 4.88. The van der Waals surface area contributed by atoms with E-state index in [0.29, 0.717) is 0 Å². The maximum absolute atomic E-state index is 11.0. The Balaban J connectivity index is 2.08. The van der Waals surface area contributed by atoms with Gasteiger partial charge in [-0.15, -0.1) is 11.3 Å². The lowest BCUT2D eigenvalue weighted by Crippen LogP contribution is -2.25. The lowest BCUT2D eigenvalue weighted by atomic mass is 9.99. The molecule has 104 valence electrons. The molecule has 2 aromatic heterocycles. The molecule has 3 rings (SSSR count). The predicted octanol–water partition coefficient (Wildman–Crippen LogP) is 3.76. The second-order valence-electron chi connectivity index (χ2n) is 5.16. The molecule has 0 aliphatic carbocycles. The van der Waals surface area contributed by atoms with Gasteiger partial charge in [-0.05, 0) is 36.9 Å². The molecule has 0 saturated carbocycles. The molecule has 1 unspecified atom stereocenters. The summed E-state index contributed by atoms with van der Waals surface area (Å²) >= 11 is 1.64. The molecule has 1 N–H and O–H groups in total. The van der Waals surface area contributed by atoms with Crippen molar-refractivity contribution in [2.45, 2.75) is 32.4 Å². The van der Waals surface area contributed by atoms with Gasteiger partial charge in [0.2, 0.25) is 0 Å². The van der Waals surface area contributed by atoms with Gasteiger partial charge in [0.25, 0.3) is 0 Å². The SMILES string of the molecule is CCCn1nccc1C(C)(O)c1cc2ccccc2s1. The van der Waals surface area contributed by atoms with Crippen LogP contribution in [0.1, 0.15) is 30.8 Å². The van der Waals surface area contributed by atoms with Crippen LogP contribution in [0, 0.1) is 0 Å². The highest BCUT2D eigenvalue weighted by Crippen LogP contribution is 2.37. The van der Waals surface area contributed by atoms with Gasteiger partial charge in [-0.1, -0.05) is 25.1 Å². The van der Waals surface area contributed by atoms with Gasteiger partial charge in [-0.25, -0.2) is 0 Å². The molecule has 20 heavy (non-hydrogen) atoms. The molecule has 1 aromatic carbocycles. The predicted molar refractivity (Wildman–Crippen MR) is 83.0 cm³/mol. The molecule has 2 heterocycles. The second-order valence-corrected chi connectivity index (χ2v) is 6.24. The smallest absolute Gasteiger partial charge is 0.137 e. The summed E-state index contributed by atoms with van der Waals surface area (Å²) in [4.78, 5) is 0.955. The Morgan fingerprint density at radius 2 is 2.10 bits per heavy atom. The van der Waals surface area contributed by atoms with E-state index in [0.717, 1.165) is 23.5 Å². The summed E-state index contributed by atoms with van der Waals surface area (Å²) in [7, 11) is 0. The topological polar surface area (TPSA) is 38.0 Å². The maximum atomic E-state index is 11.0. The monoisotopic (exact) mass is 286 g/mol. The van der Waals surface area contributed by atoms with Crippen LogP contribution >= 0.6 is 11.3 Å². The molecule has 0 bridgehead atoms. The number of aryl methyl sites for hydroxylation is 1. The second kappa shape index (κ2) is 5.04. The molecule has 0 aliphatic rings. The van der Waals surface area contributed by atoms with Crippen molar-refractivity contribution in [3.63, 3.8) is 0 Å². The average Bonchev–Trinajstić information content (AvgIpc) is 3.05. The zero-order chi connectivity index (χ0) is 14.2. The number of hydrogen-bond acceptors (Lipinski definition) is 3. The lowest BCUT2D eigenvalue weighted by molar-refractivity contribution is 0.0953. The summed E-state index contributed by atoms with van der Waals surface area (Å²) in [5, 5.41) is 16.5. The zero-order valence-electron chi connectivity index (χ0n) is 11.7. The van der Waals surface area contributed by atoms with E-state index in [1.54, 1.807) is 17.5 Å². The normalized spacial score (nSPS) is 14.6. The highest BCUT2D eigenvalue weighted by atomic mass is 32.1. The summed E-state index contributed by atoms with van der Waals surface area (Å²) in [6, 6.07) is 12.2. The van der Waals surface area contributed by atoms with Crippen molar-refractivity contribution in [2.75, 3.05) is 0 Å². The average molecular weight is 286 g/mol. The van der Waals surface area contributed by atoms with Gasteiger partial charge in [0, 0.05) is 22.3 Å². The Morgan fingerprint density at radius 1 is 1.30 bits per heavy atom. The third-order valence-electron chi connectivity index (χ3n) is 3.56. The first-order valence-electron chi connectivity index (χ1n) is 6.86. The van der Waals surface area contributed by atoms with Gasteiger partial charge in [0.1, 0.15) is 5.60 Å². The van der Waals surface area contributed by atoms with Gasteiger partial charge < -0.3 is 5.11 Å². The van der Waals surface area contributed by atoms with E-state index >= 15 is 0 Å². The standard InChI is InChI=1S/C16H18N2OS/c1-3-10-18-14(8-9-17-18)16(2,19)15-11-12-6-4-5-7-13(12)20-15/h4-9,11,19H,3,10H2,1-2H3. The summed E-state index contributed by atoms with van der Waals surface area (Å²) in [5.41, 5.74) is -0.152. The molecule has 1 atom stereocenters. The molecule has 0 aliphatic heterocycles. The van der Waals surface area contributed by atoms with E-state index in [9.17, 15) is 5.11 Å². The van der Waals surface area contributed by atoms with Crippen LogP contribution in [0.4, 0.5) is 0 Å². The van der Waals surface area contributed by atoms with Crippen LogP contribution in [0.5, 0.6) is 0 Å². The molecule has 4 heteroatoms. The number of aliphatic hydroxyl groups is 1. The lowest BCUT2D eigenvalue weighted by Gasteiger charge is -2.23. The number of rotatable bonds is 4. The fourth-order valence-electron chi connectivity index (χ4n) is 2.48. The first kappa shape index (κ1) is 13.3. The third kappa shape index (κ3) is 2.15. The van der Waals surface area contributed by atoms with Crippen LogP contribution in [0.25, 0.3) is 10.1 Å². The van der Waals surface area contributed by atoms with Gasteiger partial charge >= 0.3 is 0 Å². The Labute approximate surface area is 122 Å². The van der Waals surface area contributed by atoms with Crippen LogP contribution in [0.3, 0.4) is 0 Å². The first-order valence-corrected chi connectivity index (χ1v) is 7.68. The van der Waals surface area contributed by atoms with Gasteiger partial charge in [0.05, 0.1) is 5.69 Å². The number of fused-ring (bicyclic) bond motifs is 1. The van der Waals surface area contributed by atoms with E-state index < -0.39 is 5.60 Å². The van der Waals surface area contributed by atoms with Crippen molar-refractivity contribution < 1.29 is 5.11 Å². The quantitative estimate of drug-likeness (QED) is 0.793. The van der Waals surface area contributed by atoms with E-state index in [4.69, 9.17) is 0 Å². The largest absolute Gasteiger partial charge is 0.378 e. The molecule has 3 nitrogen and oxygen atoms in total. The Hall–Kier alpha value is -1.65. The number of hydrogen-bond donors (Lipinski definition) is 1. The van der Waals surface area contributed by atoms with Crippen LogP contribution in [-0.4, -0.2) is 14.9 Å². The van der Waals surface area contributed by atoms with Crippen molar-refractivity contribution in [3.8, 4) is 0 Å². The molecular weight excluding hydrogens is 268 g/mol. The van der Waals surface area contributed by atoms with Crippen LogP contribution < -0.4 is 0 Å². The van der Waals surface area contributed by atoms with Crippen molar-refractivity contribution >= 4 is 21.4 Å². The molecular formula is C16H18N2OS. The fraction of sp³-hybridized carbons (Fsp3) is 0.312. The number of benzene rings is 1. The maximum Gasteiger partial charge on any atom is 0.137 e. The summed E-state index contributed by atoms with van der Waals surface area (Å²) in [6.07, 6.45) is 2.75. The minimum absolute atomic E-state index is 0.823. The molecule has 0 radical (unpaired) electrons. The summed E-state index contributed by atoms with van der Waals surface area (Å²) in [6.45, 7) is 4.78. The van der Waals surface area contributed by atoms with E-state index in [-0.39, 0.29) is 0 Å². The molecule has 0 fully saturated rings. The Morgan fingerprint density at radius 3 is 2.85 bits per heavy atom. The number of thiophene rings is 1. The zero-order valence-corrected chi connectivity index (χ0v) is 12.5. The van der Waals surface area contributed by atoms with Crippen LogP contribution in [0.15, 0.2) is 42.6 Å². The van der Waals surface area contributed by atoms with Crippen LogP contribution in [-0.2, 0) is 12.1 Å². The van der Waals surface area contributed by atoms with Crippen molar-refractivity contribution in [1.29, 1.82) is 0 Å². The summed E-state index contributed by atoms with van der Waals surface area (Å²) in [5.74, 6) is 0. The van der Waals surface area contributed by atoms with Gasteiger partial charge in [-0.2, -0.15) is 5.10 Å². The van der Waals surface area contributed by atoms with E-state index in [1.807, 2.05) is 29.8 Å². The highest BCUT2D eigenvalue weighted by Gasteiger charge is 2.31. The van der Waals surface area contributed by atoms with E-state index in [1.165, 1.54) is 10.1 Å². The van der Waals surface area contributed by atoms with E-state index in [2.05, 4.69) is 30.2 Å². The van der Waals surface area contributed by atoms with Crippen molar-refractivity contribution in [3.05, 3.63) is 53.2 Å². The minimum atomic E-state index is -1.00. The van der Waals surface area contributed by atoms with Crippen molar-refractivity contribution in [2.24, 2.45) is 0 Å². The summed E-state index contributed by atoms with van der Waals surface area (Å²) < 4.78 is 3.09. The molecule has 3 aromatic rings. The number of nitrogens with zero attached hydrogens (tertiary/aromatic N) is 2. The molecule has 0 spiro atoms. The highest BCUT2D eigenvalue weighted by molar-refractivity contribution is 7.19.